The van der Waals surface area contributed by atoms with Crippen molar-refractivity contribution in [2.24, 2.45) is 5.41 Å². The van der Waals surface area contributed by atoms with Crippen molar-refractivity contribution < 1.29 is 14.7 Å². The molecule has 1 heterocycles. The van der Waals surface area contributed by atoms with E-state index in [1.165, 1.54) is 6.07 Å². The Morgan fingerprint density at radius 3 is 2.60 bits per heavy atom. The number of para-hydroxylation sites is 1. The number of benzene rings is 1. The van der Waals surface area contributed by atoms with E-state index in [4.69, 9.17) is 0 Å². The number of nitrogens with one attached hydrogen (secondary N) is 2. The van der Waals surface area contributed by atoms with Crippen molar-refractivity contribution in [3.63, 3.8) is 0 Å². The van der Waals surface area contributed by atoms with Crippen LogP contribution in [0.4, 0.5) is 5.69 Å². The Bertz CT molecular complexity index is 539. The van der Waals surface area contributed by atoms with Crippen molar-refractivity contribution in [3.8, 4) is 0 Å². The van der Waals surface area contributed by atoms with E-state index >= 15 is 0 Å². The Labute approximate surface area is 125 Å². The molecule has 0 saturated carbocycles. The number of hydrogen-bond donors (Lipinski definition) is 3. The van der Waals surface area contributed by atoms with Gasteiger partial charge < -0.3 is 15.7 Å². The van der Waals surface area contributed by atoms with Crippen LogP contribution in [0, 0.1) is 5.41 Å². The number of carbonyl (C=O) groups is 2. The molecule has 0 bridgehead atoms. The first-order valence-corrected chi connectivity index (χ1v) is 7.27. The maximum Gasteiger partial charge on any atom is 0.337 e. The Balaban J connectivity index is 2.25. The highest BCUT2D eigenvalue weighted by Crippen LogP contribution is 2.32. The predicted octanol–water partition coefficient (Wildman–Crippen LogP) is 2.48. The Morgan fingerprint density at radius 1 is 1.35 bits per heavy atom. The molecule has 0 aliphatic carbocycles. The fourth-order valence-electron chi connectivity index (χ4n) is 2.30. The summed E-state index contributed by atoms with van der Waals surface area (Å²) in [5, 5.41) is 15.2. The normalized spacial score (nSPS) is 17.5. The van der Waals surface area contributed by atoms with Crippen molar-refractivity contribution in [3.05, 3.63) is 28.2 Å². The number of carboxylic acids is 1. The van der Waals surface area contributed by atoms with Gasteiger partial charge in [0.15, 0.2) is 0 Å². The number of hydrogen-bond acceptors (Lipinski definition) is 3. The Morgan fingerprint density at radius 2 is 2.00 bits per heavy atom. The number of anilines is 1. The summed E-state index contributed by atoms with van der Waals surface area (Å²) in [6, 6.07) is 4.83. The molecule has 0 unspecified atom stereocenters. The van der Waals surface area contributed by atoms with Crippen LogP contribution >= 0.6 is 15.9 Å². The van der Waals surface area contributed by atoms with Gasteiger partial charge in [0.2, 0.25) is 5.91 Å². The summed E-state index contributed by atoms with van der Waals surface area (Å²) < 4.78 is 0.572. The van der Waals surface area contributed by atoms with Crippen LogP contribution in [0.25, 0.3) is 0 Å². The average molecular weight is 341 g/mol. The third-order valence-electron chi connectivity index (χ3n) is 3.74. The maximum atomic E-state index is 12.5. The number of piperidine rings is 1. The second kappa shape index (κ2) is 5.93. The van der Waals surface area contributed by atoms with E-state index < -0.39 is 11.4 Å². The second-order valence-electron chi connectivity index (χ2n) is 5.23. The Hall–Kier alpha value is -1.40. The molecule has 20 heavy (non-hydrogen) atoms. The van der Waals surface area contributed by atoms with Gasteiger partial charge in [-0.05, 0) is 54.0 Å². The zero-order chi connectivity index (χ0) is 14.8. The molecule has 1 saturated heterocycles. The largest absolute Gasteiger partial charge is 0.478 e. The molecule has 2 rings (SSSR count). The van der Waals surface area contributed by atoms with Crippen LogP contribution in [0.15, 0.2) is 22.7 Å². The highest BCUT2D eigenvalue weighted by Gasteiger charge is 2.35. The number of carboxylic acid groups (broad SMARTS) is 1. The molecule has 1 aromatic carbocycles. The van der Waals surface area contributed by atoms with Crippen LogP contribution in [0.2, 0.25) is 0 Å². The van der Waals surface area contributed by atoms with Crippen molar-refractivity contribution >= 4 is 33.5 Å². The van der Waals surface area contributed by atoms with Gasteiger partial charge in [0, 0.05) is 9.89 Å². The zero-order valence-electron chi connectivity index (χ0n) is 11.2. The van der Waals surface area contributed by atoms with E-state index in [2.05, 4.69) is 26.6 Å². The van der Waals surface area contributed by atoms with E-state index in [1.54, 1.807) is 12.1 Å². The first-order chi connectivity index (χ1) is 9.44. The second-order valence-corrected chi connectivity index (χ2v) is 6.09. The van der Waals surface area contributed by atoms with Gasteiger partial charge in [0.1, 0.15) is 0 Å². The average Bonchev–Trinajstić information content (AvgIpc) is 2.41. The number of rotatable bonds is 3. The van der Waals surface area contributed by atoms with Gasteiger partial charge in [-0.15, -0.1) is 0 Å². The van der Waals surface area contributed by atoms with Crippen LogP contribution in [-0.4, -0.2) is 30.1 Å². The number of amides is 1. The van der Waals surface area contributed by atoms with Gasteiger partial charge >= 0.3 is 5.97 Å². The summed E-state index contributed by atoms with van der Waals surface area (Å²) in [4.78, 5) is 23.7. The molecule has 6 heteroatoms. The lowest BCUT2D eigenvalue weighted by Crippen LogP contribution is -2.43. The lowest BCUT2D eigenvalue weighted by Gasteiger charge is -2.32. The van der Waals surface area contributed by atoms with Gasteiger partial charge in [-0.3, -0.25) is 4.79 Å². The fraction of sp³-hybridized carbons (Fsp3) is 0.429. The number of carbonyl (C=O) groups excluding carboxylic acids is 1. The van der Waals surface area contributed by atoms with Crippen LogP contribution < -0.4 is 10.6 Å². The lowest BCUT2D eigenvalue weighted by molar-refractivity contribution is -0.126. The minimum Gasteiger partial charge on any atom is -0.478 e. The van der Waals surface area contributed by atoms with Gasteiger partial charge in [-0.1, -0.05) is 13.0 Å². The van der Waals surface area contributed by atoms with Crippen LogP contribution in [0.5, 0.6) is 0 Å². The summed E-state index contributed by atoms with van der Waals surface area (Å²) in [5.41, 5.74) is -0.0499. The van der Waals surface area contributed by atoms with Gasteiger partial charge in [-0.2, -0.15) is 0 Å². The third-order valence-corrected chi connectivity index (χ3v) is 4.40. The minimum atomic E-state index is -1.06. The van der Waals surface area contributed by atoms with Gasteiger partial charge in [-0.25, -0.2) is 4.79 Å². The van der Waals surface area contributed by atoms with Crippen molar-refractivity contribution in [2.45, 2.75) is 19.8 Å². The first kappa shape index (κ1) is 15.0. The molecule has 108 valence electrons. The number of halogens is 1. The molecule has 0 aromatic heterocycles. The van der Waals surface area contributed by atoms with E-state index in [9.17, 15) is 14.7 Å². The van der Waals surface area contributed by atoms with E-state index in [0.29, 0.717) is 10.2 Å². The summed E-state index contributed by atoms with van der Waals surface area (Å²) in [5.74, 6) is -1.19. The summed E-state index contributed by atoms with van der Waals surface area (Å²) >= 11 is 3.30. The van der Waals surface area contributed by atoms with Crippen LogP contribution in [-0.2, 0) is 4.79 Å². The fourth-order valence-corrected chi connectivity index (χ4v) is 2.76. The molecule has 1 aliphatic heterocycles. The lowest BCUT2D eigenvalue weighted by atomic mass is 9.80. The molecule has 5 nitrogen and oxygen atoms in total. The summed E-state index contributed by atoms with van der Waals surface area (Å²) in [6.07, 6.45) is 1.48. The molecule has 0 spiro atoms. The van der Waals surface area contributed by atoms with Gasteiger partial charge in [0.25, 0.3) is 0 Å². The van der Waals surface area contributed by atoms with Crippen LogP contribution in [0.1, 0.15) is 30.1 Å². The molecular weight excluding hydrogens is 324 g/mol. The molecule has 0 atom stereocenters. The van der Waals surface area contributed by atoms with Crippen molar-refractivity contribution in [1.29, 1.82) is 0 Å². The first-order valence-electron chi connectivity index (χ1n) is 6.48. The minimum absolute atomic E-state index is 0.0882. The van der Waals surface area contributed by atoms with Crippen molar-refractivity contribution in [1.82, 2.24) is 5.32 Å². The SMILES string of the molecule is CC1(C(=O)Nc2c(Br)cccc2C(=O)O)CCNCC1. The number of aromatic carboxylic acids is 1. The molecule has 3 N–H and O–H groups in total. The molecule has 1 amide bonds. The zero-order valence-corrected chi connectivity index (χ0v) is 12.8. The monoisotopic (exact) mass is 340 g/mol. The highest BCUT2D eigenvalue weighted by molar-refractivity contribution is 9.10. The quantitative estimate of drug-likeness (QED) is 0.789. The van der Waals surface area contributed by atoms with Gasteiger partial charge in [0.05, 0.1) is 11.3 Å². The highest BCUT2D eigenvalue weighted by atomic mass is 79.9. The standard InChI is InChI=1S/C14H17BrN2O3/c1-14(5-7-16-8-6-14)13(20)17-11-9(12(18)19)3-2-4-10(11)15/h2-4,16H,5-8H2,1H3,(H,17,20)(H,18,19). The third kappa shape index (κ3) is 3.02. The molecule has 0 radical (unpaired) electrons. The van der Waals surface area contributed by atoms with E-state index in [-0.39, 0.29) is 11.5 Å². The predicted molar refractivity (Wildman–Crippen MR) is 79.9 cm³/mol. The summed E-state index contributed by atoms with van der Waals surface area (Å²) in [6.45, 7) is 3.51. The topological polar surface area (TPSA) is 78.4 Å². The molecule has 1 fully saturated rings. The van der Waals surface area contributed by atoms with E-state index in [1.807, 2.05) is 6.92 Å². The molecule has 1 aliphatic rings. The van der Waals surface area contributed by atoms with E-state index in [0.717, 1.165) is 25.9 Å². The smallest absolute Gasteiger partial charge is 0.337 e. The van der Waals surface area contributed by atoms with Crippen LogP contribution in [0.3, 0.4) is 0 Å². The van der Waals surface area contributed by atoms with Crippen molar-refractivity contribution in [2.75, 3.05) is 18.4 Å². The summed E-state index contributed by atoms with van der Waals surface area (Å²) in [7, 11) is 0. The molecule has 1 aromatic rings. The molecular formula is C14H17BrN2O3. The maximum absolute atomic E-state index is 12.5. The Kier molecular flexibility index (Phi) is 4.45.